The summed E-state index contributed by atoms with van der Waals surface area (Å²) in [5.74, 6) is 0. The Morgan fingerprint density at radius 2 is 1.88 bits per heavy atom. The highest BCUT2D eigenvalue weighted by molar-refractivity contribution is 5.65. The van der Waals surface area contributed by atoms with Crippen LogP contribution in [0.15, 0.2) is 36.9 Å². The lowest BCUT2D eigenvalue weighted by Crippen LogP contribution is -2.35. The number of nitrogens with one attached hydrogen (secondary N) is 1. The molecular formula is C22H32N2. The van der Waals surface area contributed by atoms with Crippen LogP contribution in [0.4, 0.5) is 0 Å². The minimum Gasteiger partial charge on any atom is -0.384 e. The van der Waals surface area contributed by atoms with Crippen LogP contribution in [0.25, 0.3) is 17.3 Å². The van der Waals surface area contributed by atoms with E-state index in [1.165, 1.54) is 48.4 Å². The van der Waals surface area contributed by atoms with Gasteiger partial charge in [-0.15, -0.1) is 0 Å². The lowest BCUT2D eigenvalue weighted by atomic mass is 10.0. The van der Waals surface area contributed by atoms with Gasteiger partial charge in [0.05, 0.1) is 0 Å². The predicted octanol–water partition coefficient (Wildman–Crippen LogP) is 3.28. The summed E-state index contributed by atoms with van der Waals surface area (Å²) in [5, 5.41) is 6.00. The van der Waals surface area contributed by atoms with Crippen molar-refractivity contribution in [2.45, 2.75) is 40.0 Å². The van der Waals surface area contributed by atoms with E-state index in [-0.39, 0.29) is 0 Å². The van der Waals surface area contributed by atoms with E-state index in [2.05, 4.69) is 68.4 Å². The molecule has 2 heteroatoms. The Hall–Kier alpha value is -1.80. The van der Waals surface area contributed by atoms with Gasteiger partial charge in [-0.3, -0.25) is 0 Å². The van der Waals surface area contributed by atoms with Gasteiger partial charge in [0.25, 0.3) is 0 Å². The second-order valence-corrected chi connectivity index (χ2v) is 6.80. The van der Waals surface area contributed by atoms with Gasteiger partial charge in [0.1, 0.15) is 0 Å². The van der Waals surface area contributed by atoms with Gasteiger partial charge in [-0.25, -0.2) is 0 Å². The van der Waals surface area contributed by atoms with Crippen LogP contribution in [-0.4, -0.2) is 31.1 Å². The number of nitrogens with zero attached hydrogens (tertiary/aromatic N) is 1. The zero-order chi connectivity index (χ0) is 17.5. The zero-order valence-corrected chi connectivity index (χ0v) is 15.6. The first kappa shape index (κ1) is 18.5. The number of hydrogen-bond acceptors (Lipinski definition) is 2. The van der Waals surface area contributed by atoms with Crippen LogP contribution in [0.3, 0.4) is 0 Å². The zero-order valence-electron chi connectivity index (χ0n) is 15.6. The molecule has 1 fully saturated rings. The molecule has 2 nitrogen and oxygen atoms in total. The molecule has 0 saturated carbocycles. The molecule has 1 N–H and O–H groups in total. The molecule has 0 aromatic heterocycles. The summed E-state index contributed by atoms with van der Waals surface area (Å²) in [6.07, 6.45) is 6.22. The molecule has 1 aromatic rings. The highest BCUT2D eigenvalue weighted by atomic mass is 15.1. The van der Waals surface area contributed by atoms with Crippen molar-refractivity contribution in [3.05, 3.63) is 52.9 Å². The van der Waals surface area contributed by atoms with Crippen LogP contribution < -0.4 is 15.8 Å². The maximum Gasteiger partial charge on any atom is 0.0341 e. The van der Waals surface area contributed by atoms with Crippen molar-refractivity contribution in [2.24, 2.45) is 0 Å². The van der Waals surface area contributed by atoms with Crippen LogP contribution in [0.5, 0.6) is 0 Å². The molecule has 0 radical (unpaired) electrons. The predicted molar refractivity (Wildman–Crippen MR) is 107 cm³/mol. The average Bonchev–Trinajstić information content (AvgIpc) is 2.61. The number of likely N-dealkylation sites (tertiary alicyclic amines) is 1. The summed E-state index contributed by atoms with van der Waals surface area (Å²) in [6, 6.07) is 6.56. The second-order valence-electron chi connectivity index (χ2n) is 6.80. The number of benzene rings is 1. The number of rotatable bonds is 6. The number of piperidine rings is 1. The Labute approximate surface area is 147 Å². The van der Waals surface area contributed by atoms with E-state index in [4.69, 9.17) is 0 Å². The molecule has 0 spiro atoms. The highest BCUT2D eigenvalue weighted by Gasteiger charge is 2.09. The van der Waals surface area contributed by atoms with Gasteiger partial charge in [-0.05, 0) is 74.3 Å². The van der Waals surface area contributed by atoms with Crippen molar-refractivity contribution in [3.8, 4) is 0 Å². The Balaban J connectivity index is 2.08. The standard InChI is InChI=1S/C22H32N2/c1-6-20-10-11-21(16-22(20)18(4)17(2)3)19(5)23-12-15-24-13-8-7-9-14-24/h6,10-11,16,23H,2,5,7-9,12-15H2,1,3-4H3/b20-6+,22-18-. The number of allylic oxidation sites excluding steroid dienone is 1. The summed E-state index contributed by atoms with van der Waals surface area (Å²) >= 11 is 0. The van der Waals surface area contributed by atoms with E-state index in [1.807, 2.05) is 0 Å². The minimum absolute atomic E-state index is 0.957. The van der Waals surface area contributed by atoms with Crippen molar-refractivity contribution < 1.29 is 0 Å². The molecule has 0 amide bonds. The molecule has 24 heavy (non-hydrogen) atoms. The van der Waals surface area contributed by atoms with Gasteiger partial charge in [0.15, 0.2) is 0 Å². The third kappa shape index (κ3) is 4.85. The summed E-state index contributed by atoms with van der Waals surface area (Å²) in [5.41, 5.74) is 4.52. The SMILES string of the molecule is C=C(C)/C(C)=c1/cc(C(=C)NCCN2CCCCC2)cc/c1=C\C. The molecule has 0 unspecified atom stereocenters. The minimum atomic E-state index is 0.957. The average molecular weight is 325 g/mol. The van der Waals surface area contributed by atoms with Crippen molar-refractivity contribution >= 4 is 17.3 Å². The van der Waals surface area contributed by atoms with Crippen LogP contribution in [-0.2, 0) is 0 Å². The Bertz CT molecular complexity index is 706. The van der Waals surface area contributed by atoms with E-state index < -0.39 is 0 Å². The van der Waals surface area contributed by atoms with Crippen LogP contribution in [0, 0.1) is 0 Å². The Morgan fingerprint density at radius 1 is 1.17 bits per heavy atom. The largest absolute Gasteiger partial charge is 0.384 e. The fraction of sp³-hybridized carbons (Fsp3) is 0.455. The van der Waals surface area contributed by atoms with Gasteiger partial charge >= 0.3 is 0 Å². The van der Waals surface area contributed by atoms with Crippen molar-refractivity contribution in [2.75, 3.05) is 26.2 Å². The molecule has 0 atom stereocenters. The quantitative estimate of drug-likeness (QED) is 0.864. The van der Waals surface area contributed by atoms with Crippen molar-refractivity contribution in [3.63, 3.8) is 0 Å². The molecule has 130 valence electrons. The second kappa shape index (κ2) is 8.89. The van der Waals surface area contributed by atoms with E-state index in [0.29, 0.717) is 0 Å². The van der Waals surface area contributed by atoms with Crippen LogP contribution in [0.2, 0.25) is 0 Å². The first-order valence-corrected chi connectivity index (χ1v) is 9.11. The molecule has 0 aliphatic carbocycles. The van der Waals surface area contributed by atoms with Gasteiger partial charge in [-0.1, -0.05) is 43.4 Å². The maximum absolute atomic E-state index is 4.24. The van der Waals surface area contributed by atoms with E-state index >= 15 is 0 Å². The van der Waals surface area contributed by atoms with E-state index in [1.54, 1.807) is 0 Å². The molecule has 1 saturated heterocycles. The first-order chi connectivity index (χ1) is 11.5. The normalized spacial score (nSPS) is 17.5. The summed E-state index contributed by atoms with van der Waals surface area (Å²) < 4.78 is 0. The summed E-state index contributed by atoms with van der Waals surface area (Å²) in [7, 11) is 0. The molecule has 1 aromatic carbocycles. The monoisotopic (exact) mass is 324 g/mol. The molecule has 1 aliphatic heterocycles. The first-order valence-electron chi connectivity index (χ1n) is 9.11. The van der Waals surface area contributed by atoms with Crippen LogP contribution >= 0.6 is 0 Å². The molecule has 1 heterocycles. The van der Waals surface area contributed by atoms with Gasteiger partial charge < -0.3 is 10.2 Å². The van der Waals surface area contributed by atoms with Gasteiger partial charge in [0.2, 0.25) is 0 Å². The maximum atomic E-state index is 4.24. The highest BCUT2D eigenvalue weighted by Crippen LogP contribution is 2.09. The molecule has 0 bridgehead atoms. The van der Waals surface area contributed by atoms with Crippen molar-refractivity contribution in [1.29, 1.82) is 0 Å². The summed E-state index contributed by atoms with van der Waals surface area (Å²) in [4.78, 5) is 2.54. The fourth-order valence-corrected chi connectivity index (χ4v) is 3.20. The smallest absolute Gasteiger partial charge is 0.0341 e. The lowest BCUT2D eigenvalue weighted by Gasteiger charge is -2.26. The Morgan fingerprint density at radius 3 is 2.50 bits per heavy atom. The summed E-state index contributed by atoms with van der Waals surface area (Å²) in [6.45, 7) is 19.1. The van der Waals surface area contributed by atoms with E-state index in [0.717, 1.165) is 29.9 Å². The lowest BCUT2D eigenvalue weighted by molar-refractivity contribution is 0.232. The fourth-order valence-electron chi connectivity index (χ4n) is 3.20. The third-order valence-corrected chi connectivity index (χ3v) is 4.97. The molecular weight excluding hydrogens is 292 g/mol. The Kier molecular flexibility index (Phi) is 6.86. The van der Waals surface area contributed by atoms with E-state index in [9.17, 15) is 0 Å². The third-order valence-electron chi connectivity index (χ3n) is 4.97. The molecule has 2 rings (SSSR count). The van der Waals surface area contributed by atoms with Gasteiger partial charge in [-0.2, -0.15) is 0 Å². The van der Waals surface area contributed by atoms with Gasteiger partial charge in [0, 0.05) is 18.8 Å². The topological polar surface area (TPSA) is 15.3 Å². The number of hydrogen-bond donors (Lipinski definition) is 1. The van der Waals surface area contributed by atoms with Crippen LogP contribution in [0.1, 0.15) is 45.6 Å². The van der Waals surface area contributed by atoms with Crippen molar-refractivity contribution in [1.82, 2.24) is 10.2 Å². The molecule has 1 aliphatic rings.